The summed E-state index contributed by atoms with van der Waals surface area (Å²) in [7, 11) is 0. The van der Waals surface area contributed by atoms with Crippen molar-refractivity contribution in [3.05, 3.63) is 59.3 Å². The number of hydrogen-bond acceptors (Lipinski definition) is 6. The molecule has 0 aliphatic carbocycles. The standard InChI is InChI=1S/C22H25N3O2S2.ClH/c1-3-24(4-2)13-6-14-27-19-10-8-18(9-11-19)25-21(26)20(29-22(25)28)15-17-7-5-12-23-16-17;/h5,7-12,15-16H,3-4,6,13-14H2,1-2H3;1H/b20-15-;. The molecule has 0 unspecified atom stereocenters. The molecule has 30 heavy (non-hydrogen) atoms. The summed E-state index contributed by atoms with van der Waals surface area (Å²) in [5.41, 5.74) is 1.62. The van der Waals surface area contributed by atoms with E-state index in [-0.39, 0.29) is 18.3 Å². The molecule has 2 aromatic rings. The highest BCUT2D eigenvalue weighted by Crippen LogP contribution is 2.36. The van der Waals surface area contributed by atoms with Crippen molar-refractivity contribution >= 4 is 58.4 Å². The highest BCUT2D eigenvalue weighted by atomic mass is 35.5. The number of ether oxygens (including phenoxy) is 1. The smallest absolute Gasteiger partial charge is 0.270 e. The summed E-state index contributed by atoms with van der Waals surface area (Å²) in [4.78, 5) is 21.4. The van der Waals surface area contributed by atoms with Gasteiger partial charge >= 0.3 is 0 Å². The Balaban J connectivity index is 0.00000320. The third kappa shape index (κ3) is 6.28. The van der Waals surface area contributed by atoms with E-state index in [9.17, 15) is 4.79 Å². The Hall–Kier alpha value is -1.93. The van der Waals surface area contributed by atoms with Crippen LogP contribution in [0.15, 0.2) is 53.7 Å². The van der Waals surface area contributed by atoms with Crippen LogP contribution in [-0.2, 0) is 4.79 Å². The first kappa shape index (κ1) is 24.3. The maximum absolute atomic E-state index is 12.8. The van der Waals surface area contributed by atoms with Gasteiger partial charge in [0.05, 0.1) is 17.2 Å². The van der Waals surface area contributed by atoms with Crippen LogP contribution in [0.1, 0.15) is 25.8 Å². The lowest BCUT2D eigenvalue weighted by atomic mass is 10.2. The summed E-state index contributed by atoms with van der Waals surface area (Å²) in [6, 6.07) is 11.3. The van der Waals surface area contributed by atoms with E-state index in [0.29, 0.717) is 15.8 Å². The minimum absolute atomic E-state index is 0. The average molecular weight is 464 g/mol. The molecule has 1 fully saturated rings. The van der Waals surface area contributed by atoms with E-state index in [2.05, 4.69) is 23.7 Å². The Labute approximate surface area is 193 Å². The molecular formula is C22H26ClN3O2S2. The number of nitrogens with zero attached hydrogens (tertiary/aromatic N) is 3. The van der Waals surface area contributed by atoms with Crippen LogP contribution >= 0.6 is 36.4 Å². The van der Waals surface area contributed by atoms with Crippen molar-refractivity contribution < 1.29 is 9.53 Å². The molecule has 1 amide bonds. The van der Waals surface area contributed by atoms with Crippen molar-refractivity contribution in [3.8, 4) is 5.75 Å². The first-order valence-electron chi connectivity index (χ1n) is 9.75. The number of thioether (sulfide) groups is 1. The van der Waals surface area contributed by atoms with Crippen LogP contribution < -0.4 is 9.64 Å². The highest BCUT2D eigenvalue weighted by molar-refractivity contribution is 8.27. The zero-order valence-electron chi connectivity index (χ0n) is 17.1. The van der Waals surface area contributed by atoms with Gasteiger partial charge < -0.3 is 9.64 Å². The number of carbonyl (C=O) groups is 1. The van der Waals surface area contributed by atoms with Crippen molar-refractivity contribution in [1.29, 1.82) is 0 Å². The molecule has 1 aromatic carbocycles. The summed E-state index contributed by atoms with van der Waals surface area (Å²) < 4.78 is 6.36. The number of pyridine rings is 1. The monoisotopic (exact) mass is 463 g/mol. The summed E-state index contributed by atoms with van der Waals surface area (Å²) in [5, 5.41) is 0. The van der Waals surface area contributed by atoms with E-state index >= 15 is 0 Å². The van der Waals surface area contributed by atoms with Gasteiger partial charge in [0.15, 0.2) is 4.32 Å². The molecule has 0 spiro atoms. The summed E-state index contributed by atoms with van der Waals surface area (Å²) in [6.45, 7) is 8.16. The van der Waals surface area contributed by atoms with Crippen molar-refractivity contribution in [1.82, 2.24) is 9.88 Å². The molecule has 8 heteroatoms. The van der Waals surface area contributed by atoms with Crippen LogP contribution in [-0.4, -0.2) is 46.4 Å². The average Bonchev–Trinajstić information content (AvgIpc) is 3.02. The zero-order chi connectivity index (χ0) is 20.6. The van der Waals surface area contributed by atoms with E-state index in [0.717, 1.165) is 43.1 Å². The van der Waals surface area contributed by atoms with E-state index in [4.69, 9.17) is 17.0 Å². The molecule has 1 aliphatic rings. The quantitative estimate of drug-likeness (QED) is 0.295. The van der Waals surface area contributed by atoms with Crippen LogP contribution in [0.5, 0.6) is 5.75 Å². The van der Waals surface area contributed by atoms with Crippen molar-refractivity contribution in [2.24, 2.45) is 0 Å². The number of thiocarbonyl (C=S) groups is 1. The maximum Gasteiger partial charge on any atom is 0.270 e. The number of carbonyl (C=O) groups excluding carboxylic acids is 1. The SMILES string of the molecule is CCN(CC)CCCOc1ccc(N2C(=O)/C(=C/c3cccnc3)SC2=S)cc1.Cl. The largest absolute Gasteiger partial charge is 0.494 e. The maximum atomic E-state index is 12.8. The molecule has 5 nitrogen and oxygen atoms in total. The normalized spacial score (nSPS) is 15.0. The Bertz CT molecular complexity index is 872. The lowest BCUT2D eigenvalue weighted by Crippen LogP contribution is -2.27. The Kier molecular flexibility index (Phi) is 9.78. The summed E-state index contributed by atoms with van der Waals surface area (Å²) >= 11 is 6.74. The van der Waals surface area contributed by atoms with Gasteiger partial charge in [0, 0.05) is 18.9 Å². The molecule has 1 aliphatic heterocycles. The molecule has 0 bridgehead atoms. The zero-order valence-corrected chi connectivity index (χ0v) is 19.6. The van der Waals surface area contributed by atoms with Crippen LogP contribution in [0, 0.1) is 0 Å². The number of benzene rings is 1. The highest BCUT2D eigenvalue weighted by Gasteiger charge is 2.33. The van der Waals surface area contributed by atoms with Gasteiger partial charge in [0.25, 0.3) is 5.91 Å². The summed E-state index contributed by atoms with van der Waals surface area (Å²) in [5.74, 6) is 0.682. The molecule has 160 valence electrons. The van der Waals surface area contributed by atoms with Gasteiger partial charge in [-0.2, -0.15) is 0 Å². The van der Waals surface area contributed by atoms with Crippen LogP contribution in [0.2, 0.25) is 0 Å². The van der Waals surface area contributed by atoms with Gasteiger partial charge in [-0.3, -0.25) is 14.7 Å². The molecule has 1 aromatic heterocycles. The molecule has 0 saturated carbocycles. The molecule has 1 saturated heterocycles. The first-order chi connectivity index (χ1) is 14.1. The molecular weight excluding hydrogens is 438 g/mol. The molecule has 0 N–H and O–H groups in total. The van der Waals surface area contributed by atoms with Gasteiger partial charge in [-0.15, -0.1) is 12.4 Å². The number of halogens is 1. The van der Waals surface area contributed by atoms with Gasteiger partial charge in [-0.05, 0) is 61.5 Å². The number of hydrogen-bond donors (Lipinski definition) is 0. The van der Waals surface area contributed by atoms with Gasteiger partial charge in [0.2, 0.25) is 0 Å². The minimum atomic E-state index is -0.114. The van der Waals surface area contributed by atoms with Crippen LogP contribution in [0.4, 0.5) is 5.69 Å². The fourth-order valence-corrected chi connectivity index (χ4v) is 4.31. The van der Waals surface area contributed by atoms with Gasteiger partial charge in [-0.1, -0.05) is 43.9 Å². The van der Waals surface area contributed by atoms with E-state index in [1.54, 1.807) is 17.3 Å². The second-order valence-corrected chi connectivity index (χ2v) is 8.20. The number of amides is 1. The van der Waals surface area contributed by atoms with Crippen molar-refractivity contribution in [2.45, 2.75) is 20.3 Å². The van der Waals surface area contributed by atoms with Gasteiger partial charge in [-0.25, -0.2) is 0 Å². The number of aromatic nitrogens is 1. The number of rotatable bonds is 9. The van der Waals surface area contributed by atoms with E-state index in [1.165, 1.54) is 11.8 Å². The topological polar surface area (TPSA) is 45.7 Å². The second kappa shape index (κ2) is 12.1. The summed E-state index contributed by atoms with van der Waals surface area (Å²) in [6.07, 6.45) is 6.23. The van der Waals surface area contributed by atoms with Crippen LogP contribution in [0.3, 0.4) is 0 Å². The fraction of sp³-hybridized carbons (Fsp3) is 0.318. The third-order valence-electron chi connectivity index (χ3n) is 4.65. The Morgan fingerprint density at radius 2 is 1.93 bits per heavy atom. The fourth-order valence-electron chi connectivity index (χ4n) is 3.01. The lowest BCUT2D eigenvalue weighted by Gasteiger charge is -2.18. The van der Waals surface area contributed by atoms with Gasteiger partial charge in [0.1, 0.15) is 5.75 Å². The lowest BCUT2D eigenvalue weighted by molar-refractivity contribution is -0.113. The van der Waals surface area contributed by atoms with Crippen molar-refractivity contribution in [3.63, 3.8) is 0 Å². The Morgan fingerprint density at radius 3 is 2.57 bits per heavy atom. The van der Waals surface area contributed by atoms with E-state index in [1.807, 2.05) is 42.5 Å². The second-order valence-electron chi connectivity index (χ2n) is 6.53. The molecule has 0 atom stereocenters. The Morgan fingerprint density at radius 1 is 1.20 bits per heavy atom. The predicted molar refractivity (Wildman–Crippen MR) is 131 cm³/mol. The predicted octanol–water partition coefficient (Wildman–Crippen LogP) is 5.02. The molecule has 0 radical (unpaired) electrons. The molecule has 3 rings (SSSR count). The third-order valence-corrected chi connectivity index (χ3v) is 5.95. The van der Waals surface area contributed by atoms with Crippen molar-refractivity contribution in [2.75, 3.05) is 31.1 Å². The van der Waals surface area contributed by atoms with Crippen LogP contribution in [0.25, 0.3) is 6.08 Å². The molecule has 2 heterocycles. The number of anilines is 1. The minimum Gasteiger partial charge on any atom is -0.494 e. The van der Waals surface area contributed by atoms with E-state index < -0.39 is 0 Å². The first-order valence-corrected chi connectivity index (χ1v) is 11.0.